The van der Waals surface area contributed by atoms with Gasteiger partial charge in [-0.2, -0.15) is 13.2 Å². The van der Waals surface area contributed by atoms with Crippen molar-refractivity contribution < 1.29 is 22.7 Å². The van der Waals surface area contributed by atoms with E-state index in [2.05, 4.69) is 4.74 Å². The molecule has 6 heteroatoms. The summed E-state index contributed by atoms with van der Waals surface area (Å²) in [4.78, 5) is 10.5. The second-order valence-corrected chi connectivity index (χ2v) is 2.25. The Hall–Kier alpha value is -0.780. The zero-order valence-electron chi connectivity index (χ0n) is 6.52. The van der Waals surface area contributed by atoms with Gasteiger partial charge in [-0.3, -0.25) is 4.79 Å². The molecule has 0 saturated carbocycles. The summed E-state index contributed by atoms with van der Waals surface area (Å²) in [7, 11) is 1.03. The number of hydrogen-bond acceptors (Lipinski definition) is 3. The highest BCUT2D eigenvalue weighted by atomic mass is 19.4. The zero-order chi connectivity index (χ0) is 9.78. The number of hydrogen-bond donors (Lipinski definition) is 1. The summed E-state index contributed by atoms with van der Waals surface area (Å²) in [5.41, 5.74) is 4.83. The fourth-order valence-corrected chi connectivity index (χ4v) is 0.617. The molecule has 0 aliphatic heterocycles. The predicted octanol–water partition coefficient (Wildman–Crippen LogP) is 0.687. The predicted molar refractivity (Wildman–Crippen MR) is 35.2 cm³/mol. The van der Waals surface area contributed by atoms with Crippen molar-refractivity contribution in [3.05, 3.63) is 0 Å². The van der Waals surface area contributed by atoms with Crippen LogP contribution in [0.3, 0.4) is 0 Å². The van der Waals surface area contributed by atoms with Gasteiger partial charge >= 0.3 is 12.1 Å². The van der Waals surface area contributed by atoms with Crippen molar-refractivity contribution in [3.63, 3.8) is 0 Å². The Labute approximate surface area is 67.7 Å². The van der Waals surface area contributed by atoms with E-state index in [4.69, 9.17) is 5.73 Å². The maximum Gasteiger partial charge on any atom is 0.393 e. The van der Waals surface area contributed by atoms with Crippen LogP contribution in [0.15, 0.2) is 0 Å². The Morgan fingerprint density at radius 3 is 2.33 bits per heavy atom. The topological polar surface area (TPSA) is 52.3 Å². The summed E-state index contributed by atoms with van der Waals surface area (Å²) < 4.78 is 39.9. The van der Waals surface area contributed by atoms with E-state index in [-0.39, 0.29) is 0 Å². The summed E-state index contributed by atoms with van der Waals surface area (Å²) >= 11 is 0. The molecule has 12 heavy (non-hydrogen) atoms. The van der Waals surface area contributed by atoms with E-state index >= 15 is 0 Å². The van der Waals surface area contributed by atoms with Gasteiger partial charge in [0.15, 0.2) is 0 Å². The summed E-state index contributed by atoms with van der Waals surface area (Å²) in [5, 5.41) is 0. The lowest BCUT2D eigenvalue weighted by Gasteiger charge is -2.16. The Morgan fingerprint density at radius 1 is 1.58 bits per heavy atom. The van der Waals surface area contributed by atoms with Crippen molar-refractivity contribution in [1.29, 1.82) is 0 Å². The second-order valence-electron chi connectivity index (χ2n) is 2.25. The zero-order valence-corrected chi connectivity index (χ0v) is 6.52. The van der Waals surface area contributed by atoms with Crippen molar-refractivity contribution in [1.82, 2.24) is 0 Å². The third-order valence-electron chi connectivity index (χ3n) is 1.39. The summed E-state index contributed by atoms with van der Waals surface area (Å²) in [6.45, 7) is -0.599. The summed E-state index contributed by atoms with van der Waals surface area (Å²) in [5.74, 6) is -2.70. The van der Waals surface area contributed by atoms with Crippen molar-refractivity contribution in [2.45, 2.75) is 12.6 Å². The van der Waals surface area contributed by atoms with Crippen molar-refractivity contribution in [3.8, 4) is 0 Å². The minimum Gasteiger partial charge on any atom is -0.469 e. The molecule has 0 aliphatic rings. The number of ether oxygens (including phenoxy) is 1. The molecule has 0 saturated heterocycles. The highest BCUT2D eigenvalue weighted by Gasteiger charge is 2.39. The molecule has 0 heterocycles. The molecule has 0 bridgehead atoms. The highest BCUT2D eigenvalue weighted by molar-refractivity contribution is 5.69. The summed E-state index contributed by atoms with van der Waals surface area (Å²) in [6.07, 6.45) is -5.14. The number of methoxy groups -OCH3 is 1. The first kappa shape index (κ1) is 11.2. The molecule has 0 aromatic rings. The van der Waals surface area contributed by atoms with Crippen LogP contribution in [0.1, 0.15) is 6.42 Å². The van der Waals surface area contributed by atoms with Crippen LogP contribution in [0.4, 0.5) is 13.2 Å². The van der Waals surface area contributed by atoms with Crippen LogP contribution in [0.5, 0.6) is 0 Å². The van der Waals surface area contributed by atoms with Crippen LogP contribution in [0.2, 0.25) is 0 Å². The van der Waals surface area contributed by atoms with E-state index in [1.165, 1.54) is 0 Å². The third-order valence-corrected chi connectivity index (χ3v) is 1.39. The van der Waals surface area contributed by atoms with Crippen LogP contribution in [-0.4, -0.2) is 25.8 Å². The van der Waals surface area contributed by atoms with Crippen molar-refractivity contribution in [2.75, 3.05) is 13.7 Å². The first-order chi connectivity index (χ1) is 5.41. The smallest absolute Gasteiger partial charge is 0.393 e. The molecule has 0 aliphatic carbocycles. The van der Waals surface area contributed by atoms with Gasteiger partial charge in [-0.1, -0.05) is 0 Å². The maximum atomic E-state index is 11.9. The van der Waals surface area contributed by atoms with Gasteiger partial charge in [0.05, 0.1) is 19.4 Å². The lowest BCUT2D eigenvalue weighted by molar-refractivity contribution is -0.181. The first-order valence-electron chi connectivity index (χ1n) is 3.25. The van der Waals surface area contributed by atoms with Gasteiger partial charge in [-0.15, -0.1) is 0 Å². The number of carbonyl (C=O) groups excluding carboxylic acids is 1. The largest absolute Gasteiger partial charge is 0.469 e. The van der Waals surface area contributed by atoms with Crippen LogP contribution in [-0.2, 0) is 9.53 Å². The molecule has 2 N–H and O–H groups in total. The van der Waals surface area contributed by atoms with E-state index < -0.39 is 31.0 Å². The molecule has 0 radical (unpaired) electrons. The third kappa shape index (κ3) is 3.56. The Morgan fingerprint density at radius 2 is 2.08 bits per heavy atom. The van der Waals surface area contributed by atoms with E-state index in [1.54, 1.807) is 0 Å². The van der Waals surface area contributed by atoms with Crippen molar-refractivity contribution >= 4 is 5.97 Å². The lowest BCUT2D eigenvalue weighted by atomic mass is 10.1. The normalized spacial score (nSPS) is 14.1. The highest BCUT2D eigenvalue weighted by Crippen LogP contribution is 2.27. The fraction of sp³-hybridized carbons (Fsp3) is 0.833. The van der Waals surface area contributed by atoms with Gasteiger partial charge in [-0.05, 0) is 0 Å². The average molecular weight is 185 g/mol. The van der Waals surface area contributed by atoms with Gasteiger partial charge in [0.1, 0.15) is 0 Å². The average Bonchev–Trinajstić information content (AvgIpc) is 1.97. The van der Waals surface area contributed by atoms with Gasteiger partial charge in [0.25, 0.3) is 0 Å². The SMILES string of the molecule is COC(=O)CC(CN)C(F)(F)F. The molecule has 0 spiro atoms. The molecule has 0 aromatic carbocycles. The van der Waals surface area contributed by atoms with E-state index in [0.717, 1.165) is 7.11 Å². The number of halogens is 3. The standard InChI is InChI=1S/C6H10F3NO2/c1-12-5(11)2-4(3-10)6(7,8)9/h4H,2-3,10H2,1H3. The van der Waals surface area contributed by atoms with Crippen LogP contribution in [0.25, 0.3) is 0 Å². The van der Waals surface area contributed by atoms with E-state index in [1.807, 2.05) is 0 Å². The first-order valence-corrected chi connectivity index (χ1v) is 3.25. The minimum atomic E-state index is -4.43. The van der Waals surface area contributed by atoms with Crippen LogP contribution in [0, 0.1) is 5.92 Å². The quantitative estimate of drug-likeness (QED) is 0.658. The van der Waals surface area contributed by atoms with Gasteiger partial charge in [0, 0.05) is 6.54 Å². The van der Waals surface area contributed by atoms with Gasteiger partial charge in [-0.25, -0.2) is 0 Å². The Kier molecular flexibility index (Phi) is 4.02. The lowest BCUT2D eigenvalue weighted by Crippen LogP contribution is -2.32. The second kappa shape index (κ2) is 4.30. The van der Waals surface area contributed by atoms with Gasteiger partial charge < -0.3 is 10.5 Å². The molecule has 0 fully saturated rings. The molecular weight excluding hydrogens is 175 g/mol. The van der Waals surface area contributed by atoms with E-state index in [0.29, 0.717) is 0 Å². The molecule has 0 rings (SSSR count). The van der Waals surface area contributed by atoms with Gasteiger partial charge in [0.2, 0.25) is 0 Å². The molecule has 1 atom stereocenters. The fourth-order valence-electron chi connectivity index (χ4n) is 0.617. The number of rotatable bonds is 3. The number of esters is 1. The molecule has 0 aromatic heterocycles. The van der Waals surface area contributed by atoms with E-state index in [9.17, 15) is 18.0 Å². The Bertz CT molecular complexity index is 157. The molecular formula is C6H10F3NO2. The number of carbonyl (C=O) groups is 1. The van der Waals surface area contributed by atoms with Crippen LogP contribution >= 0.6 is 0 Å². The monoisotopic (exact) mass is 185 g/mol. The molecule has 1 unspecified atom stereocenters. The molecule has 72 valence electrons. The molecule has 3 nitrogen and oxygen atoms in total. The number of alkyl halides is 3. The number of nitrogens with two attached hydrogens (primary N) is 1. The van der Waals surface area contributed by atoms with Crippen molar-refractivity contribution in [2.24, 2.45) is 11.7 Å². The summed E-state index contributed by atoms with van der Waals surface area (Å²) in [6, 6.07) is 0. The maximum absolute atomic E-state index is 11.9. The minimum absolute atomic E-state index is 0.599. The van der Waals surface area contributed by atoms with Crippen LogP contribution < -0.4 is 5.73 Å². The Balaban J connectivity index is 4.09. The molecule has 0 amide bonds.